The second-order valence-corrected chi connectivity index (χ2v) is 8.65. The molecule has 1 aromatic rings. The molecule has 0 bridgehead atoms. The van der Waals surface area contributed by atoms with E-state index in [0.717, 1.165) is 38.0 Å². The predicted molar refractivity (Wildman–Crippen MR) is 103 cm³/mol. The molecule has 3 rings (SSSR count). The fourth-order valence-electron chi connectivity index (χ4n) is 4.02. The van der Waals surface area contributed by atoms with E-state index in [4.69, 9.17) is 4.74 Å². The Labute approximate surface area is 156 Å². The van der Waals surface area contributed by atoms with Crippen LogP contribution >= 0.6 is 0 Å². The van der Waals surface area contributed by atoms with Crippen molar-refractivity contribution in [2.75, 3.05) is 18.9 Å². The number of Topliss-reactive ketones (excluding diaryl/α,β-unsaturated/α-hetero) is 1. The molecular formula is C21H30N2O3. The van der Waals surface area contributed by atoms with Crippen LogP contribution in [0.5, 0.6) is 0 Å². The number of nitrogens with one attached hydrogen (secondary N) is 1. The van der Waals surface area contributed by atoms with Gasteiger partial charge in [0.2, 0.25) is 0 Å². The van der Waals surface area contributed by atoms with Crippen molar-refractivity contribution < 1.29 is 14.3 Å². The molecule has 0 radical (unpaired) electrons. The van der Waals surface area contributed by atoms with E-state index in [1.165, 1.54) is 16.7 Å². The number of rotatable bonds is 2. The van der Waals surface area contributed by atoms with E-state index in [-0.39, 0.29) is 5.92 Å². The van der Waals surface area contributed by atoms with Crippen molar-refractivity contribution in [3.8, 4) is 0 Å². The van der Waals surface area contributed by atoms with Crippen LogP contribution in [-0.2, 0) is 22.5 Å². The van der Waals surface area contributed by atoms with Gasteiger partial charge in [0.25, 0.3) is 0 Å². The van der Waals surface area contributed by atoms with Gasteiger partial charge in [-0.15, -0.1) is 0 Å². The summed E-state index contributed by atoms with van der Waals surface area (Å²) in [4.78, 5) is 26.5. The molecule has 0 saturated heterocycles. The van der Waals surface area contributed by atoms with Gasteiger partial charge >= 0.3 is 6.09 Å². The second kappa shape index (κ2) is 7.39. The number of fused-ring (bicyclic) bond motifs is 1. The summed E-state index contributed by atoms with van der Waals surface area (Å²) in [5.41, 5.74) is 4.10. The third kappa shape index (κ3) is 4.64. The molecule has 1 aliphatic heterocycles. The summed E-state index contributed by atoms with van der Waals surface area (Å²) in [6.45, 7) is 7.46. The number of ether oxygens (including phenoxy) is 1. The van der Waals surface area contributed by atoms with E-state index >= 15 is 0 Å². The van der Waals surface area contributed by atoms with Gasteiger partial charge in [-0.1, -0.05) is 0 Å². The van der Waals surface area contributed by atoms with Crippen molar-refractivity contribution in [3.05, 3.63) is 28.8 Å². The molecule has 0 aromatic heterocycles. The SMILES string of the molecule is CN1CCc2c(cc(NC(=O)OC(C)(C)C)cc2C2CCCC(=O)C2)C1. The van der Waals surface area contributed by atoms with Crippen LogP contribution < -0.4 is 5.32 Å². The van der Waals surface area contributed by atoms with Gasteiger partial charge < -0.3 is 9.64 Å². The normalized spacial score (nSPS) is 21.2. The fourth-order valence-corrected chi connectivity index (χ4v) is 4.02. The molecular weight excluding hydrogens is 328 g/mol. The van der Waals surface area contributed by atoms with Gasteiger partial charge in [-0.3, -0.25) is 10.1 Å². The average Bonchev–Trinajstić information content (AvgIpc) is 2.51. The van der Waals surface area contributed by atoms with E-state index in [9.17, 15) is 9.59 Å². The molecule has 1 amide bonds. The van der Waals surface area contributed by atoms with Crippen LogP contribution in [0.25, 0.3) is 0 Å². The molecule has 1 saturated carbocycles. The molecule has 5 heteroatoms. The van der Waals surface area contributed by atoms with Gasteiger partial charge in [-0.05, 0) is 81.8 Å². The summed E-state index contributed by atoms with van der Waals surface area (Å²) in [5, 5.41) is 2.89. The third-order valence-corrected chi connectivity index (χ3v) is 5.13. The molecule has 26 heavy (non-hydrogen) atoms. The van der Waals surface area contributed by atoms with Gasteiger partial charge in [-0.25, -0.2) is 4.79 Å². The van der Waals surface area contributed by atoms with Gasteiger partial charge in [0.15, 0.2) is 0 Å². The number of nitrogens with zero attached hydrogens (tertiary/aromatic N) is 1. The summed E-state index contributed by atoms with van der Waals surface area (Å²) in [7, 11) is 2.11. The molecule has 1 aromatic carbocycles. The molecule has 1 heterocycles. The number of likely N-dealkylation sites (N-methyl/N-ethyl adjacent to an activating group) is 1. The molecule has 1 unspecified atom stereocenters. The van der Waals surface area contributed by atoms with E-state index < -0.39 is 11.7 Å². The number of hydrogen-bond acceptors (Lipinski definition) is 4. The van der Waals surface area contributed by atoms with Crippen LogP contribution in [0.2, 0.25) is 0 Å². The monoisotopic (exact) mass is 358 g/mol. The van der Waals surface area contributed by atoms with Crippen molar-refractivity contribution in [1.29, 1.82) is 0 Å². The molecule has 142 valence electrons. The van der Waals surface area contributed by atoms with Crippen LogP contribution in [0.4, 0.5) is 10.5 Å². The first-order valence-electron chi connectivity index (χ1n) is 9.57. The molecule has 0 spiro atoms. The lowest BCUT2D eigenvalue weighted by Crippen LogP contribution is -2.29. The van der Waals surface area contributed by atoms with Crippen LogP contribution in [0, 0.1) is 0 Å². The first kappa shape index (κ1) is 18.9. The Hall–Kier alpha value is -1.88. The molecule has 1 atom stereocenters. The molecule has 5 nitrogen and oxygen atoms in total. The molecule has 1 fully saturated rings. The number of anilines is 1. The summed E-state index contributed by atoms with van der Waals surface area (Å²) in [6, 6.07) is 4.13. The minimum absolute atomic E-state index is 0.272. The van der Waals surface area contributed by atoms with Gasteiger partial charge in [0.1, 0.15) is 11.4 Å². The van der Waals surface area contributed by atoms with Crippen LogP contribution in [0.15, 0.2) is 12.1 Å². The third-order valence-electron chi connectivity index (χ3n) is 5.13. The predicted octanol–water partition coefficient (Wildman–Crippen LogP) is 4.25. The van der Waals surface area contributed by atoms with Crippen LogP contribution in [0.3, 0.4) is 0 Å². The zero-order valence-electron chi connectivity index (χ0n) is 16.4. The van der Waals surface area contributed by atoms with Crippen molar-refractivity contribution in [2.24, 2.45) is 0 Å². The number of benzene rings is 1. The van der Waals surface area contributed by atoms with E-state index in [2.05, 4.69) is 29.4 Å². The number of ketones is 1. The van der Waals surface area contributed by atoms with Gasteiger partial charge in [0, 0.05) is 31.6 Å². The maximum atomic E-state index is 12.2. The van der Waals surface area contributed by atoms with Crippen molar-refractivity contribution in [3.63, 3.8) is 0 Å². The molecule has 1 N–H and O–H groups in total. The highest BCUT2D eigenvalue weighted by molar-refractivity contribution is 5.85. The average molecular weight is 358 g/mol. The lowest BCUT2D eigenvalue weighted by atomic mass is 9.79. The van der Waals surface area contributed by atoms with Gasteiger partial charge in [0.05, 0.1) is 0 Å². The molecule has 2 aliphatic rings. The second-order valence-electron chi connectivity index (χ2n) is 8.65. The Kier molecular flexibility index (Phi) is 5.37. The van der Waals surface area contributed by atoms with E-state index in [0.29, 0.717) is 18.6 Å². The van der Waals surface area contributed by atoms with Crippen molar-refractivity contribution in [1.82, 2.24) is 4.90 Å². The Balaban J connectivity index is 1.90. The highest BCUT2D eigenvalue weighted by Crippen LogP contribution is 2.37. The first-order valence-corrected chi connectivity index (χ1v) is 9.57. The highest BCUT2D eigenvalue weighted by atomic mass is 16.6. The molecule has 1 aliphatic carbocycles. The largest absolute Gasteiger partial charge is 0.444 e. The minimum Gasteiger partial charge on any atom is -0.444 e. The minimum atomic E-state index is -0.531. The Morgan fingerprint density at radius 3 is 2.73 bits per heavy atom. The van der Waals surface area contributed by atoms with Gasteiger partial charge in [-0.2, -0.15) is 0 Å². The number of carbonyl (C=O) groups excluding carboxylic acids is 2. The Morgan fingerprint density at radius 2 is 2.04 bits per heavy atom. The van der Waals surface area contributed by atoms with E-state index in [1.807, 2.05) is 20.8 Å². The van der Waals surface area contributed by atoms with Crippen molar-refractivity contribution >= 4 is 17.6 Å². The zero-order valence-corrected chi connectivity index (χ0v) is 16.4. The Bertz CT molecular complexity index is 706. The van der Waals surface area contributed by atoms with Crippen LogP contribution in [-0.4, -0.2) is 36.0 Å². The van der Waals surface area contributed by atoms with Crippen LogP contribution in [0.1, 0.15) is 69.1 Å². The number of hydrogen-bond donors (Lipinski definition) is 1. The maximum Gasteiger partial charge on any atom is 0.412 e. The zero-order chi connectivity index (χ0) is 18.9. The van der Waals surface area contributed by atoms with Crippen molar-refractivity contribution in [2.45, 2.75) is 70.9 Å². The summed E-state index contributed by atoms with van der Waals surface area (Å²) in [5.74, 6) is 0.627. The van der Waals surface area contributed by atoms with E-state index in [1.54, 1.807) is 0 Å². The fraction of sp³-hybridized carbons (Fsp3) is 0.619. The maximum absolute atomic E-state index is 12.2. The summed E-state index contributed by atoms with van der Waals surface area (Å²) < 4.78 is 5.39. The quantitative estimate of drug-likeness (QED) is 0.859. The Morgan fingerprint density at radius 1 is 1.27 bits per heavy atom. The lowest BCUT2D eigenvalue weighted by molar-refractivity contribution is -0.120. The summed E-state index contributed by atoms with van der Waals surface area (Å²) >= 11 is 0. The summed E-state index contributed by atoms with van der Waals surface area (Å²) in [6.07, 6.45) is 3.90. The topological polar surface area (TPSA) is 58.6 Å². The number of carbonyl (C=O) groups is 2. The highest BCUT2D eigenvalue weighted by Gasteiger charge is 2.27. The number of amides is 1. The standard InChI is InChI=1S/C21H30N2O3/c1-21(2,3)26-20(25)22-16-10-15-13-23(4)9-8-18(15)19(12-16)14-6-5-7-17(24)11-14/h10,12,14H,5-9,11,13H2,1-4H3,(H,22,25). The first-order chi connectivity index (χ1) is 12.2. The smallest absolute Gasteiger partial charge is 0.412 e. The lowest BCUT2D eigenvalue weighted by Gasteiger charge is -2.31.